The molecule has 0 unspecified atom stereocenters. The van der Waals surface area contributed by atoms with E-state index in [9.17, 15) is 0 Å². The average Bonchev–Trinajstić information content (AvgIpc) is 2.96. The minimum atomic E-state index is -0.352. The number of aromatic nitrogens is 2. The lowest BCUT2D eigenvalue weighted by molar-refractivity contribution is -0.0447. The molecular weight excluding hydrogens is 312 g/mol. The lowest BCUT2D eigenvalue weighted by atomic mass is 10.2. The first-order chi connectivity index (χ1) is 9.33. The molecule has 19 heavy (non-hydrogen) atoms. The zero-order valence-electron chi connectivity index (χ0n) is 9.95. The quantitative estimate of drug-likeness (QED) is 0.869. The summed E-state index contributed by atoms with van der Waals surface area (Å²) in [5, 5.41) is 0. The predicted octanol–water partition coefficient (Wildman–Crippen LogP) is 3.08. The Bertz CT molecular complexity index is 559. The van der Waals surface area contributed by atoms with Gasteiger partial charge in [0.2, 0.25) is 0 Å². The summed E-state index contributed by atoms with van der Waals surface area (Å²) >= 11 is 3.48. The lowest BCUT2D eigenvalue weighted by Crippen LogP contribution is -2.00. The molecule has 0 spiro atoms. The second-order valence-corrected chi connectivity index (χ2v) is 4.74. The van der Waals surface area contributed by atoms with Crippen LogP contribution in [-0.2, 0) is 9.47 Å². The number of halogens is 1. The summed E-state index contributed by atoms with van der Waals surface area (Å²) in [5.41, 5.74) is 0.894. The average molecular weight is 323 g/mol. The molecule has 1 fully saturated rings. The van der Waals surface area contributed by atoms with E-state index in [1.165, 1.54) is 0 Å². The Morgan fingerprint density at radius 1 is 1.16 bits per heavy atom. The first-order valence-corrected chi connectivity index (χ1v) is 6.60. The molecule has 0 N–H and O–H groups in total. The number of rotatable bonds is 3. The minimum absolute atomic E-state index is 0.309. The summed E-state index contributed by atoms with van der Waals surface area (Å²) in [6, 6.07) is 7.62. The molecule has 1 aromatic heterocycles. The van der Waals surface area contributed by atoms with Crippen LogP contribution in [0.3, 0.4) is 0 Å². The van der Waals surface area contributed by atoms with Crippen molar-refractivity contribution in [3.8, 4) is 11.8 Å². The van der Waals surface area contributed by atoms with Crippen molar-refractivity contribution in [1.29, 1.82) is 0 Å². The van der Waals surface area contributed by atoms with Gasteiger partial charge in [-0.15, -0.1) is 0 Å². The molecule has 1 aliphatic heterocycles. The molecule has 2 aromatic rings. The van der Waals surface area contributed by atoms with Crippen molar-refractivity contribution < 1.29 is 14.2 Å². The Morgan fingerprint density at radius 3 is 2.63 bits per heavy atom. The van der Waals surface area contributed by atoms with Gasteiger partial charge in [0.1, 0.15) is 5.75 Å². The van der Waals surface area contributed by atoms with Crippen LogP contribution in [0.2, 0.25) is 0 Å². The van der Waals surface area contributed by atoms with E-state index in [4.69, 9.17) is 14.2 Å². The smallest absolute Gasteiger partial charge is 0.321 e. The van der Waals surface area contributed by atoms with Crippen LogP contribution in [0.25, 0.3) is 0 Å². The van der Waals surface area contributed by atoms with Gasteiger partial charge in [0, 0.05) is 22.4 Å². The first kappa shape index (κ1) is 12.5. The highest BCUT2D eigenvalue weighted by molar-refractivity contribution is 9.10. The Kier molecular flexibility index (Phi) is 3.72. The molecule has 0 atom stereocenters. The van der Waals surface area contributed by atoms with Crippen LogP contribution in [-0.4, -0.2) is 23.2 Å². The Balaban J connectivity index is 1.84. The second-order valence-electron chi connectivity index (χ2n) is 3.89. The van der Waals surface area contributed by atoms with Crippen molar-refractivity contribution in [3.05, 3.63) is 46.7 Å². The largest absolute Gasteiger partial charge is 0.424 e. The molecule has 0 bridgehead atoms. The first-order valence-electron chi connectivity index (χ1n) is 5.80. The number of hydrogen-bond donors (Lipinski definition) is 0. The van der Waals surface area contributed by atoms with Crippen molar-refractivity contribution in [1.82, 2.24) is 9.97 Å². The topological polar surface area (TPSA) is 53.5 Å². The normalized spacial score (nSPS) is 15.6. The molecule has 0 saturated carbocycles. The SMILES string of the molecule is Brc1ccc(Oc2ncccn2)cc1C1OCCO1. The van der Waals surface area contributed by atoms with Crippen molar-refractivity contribution in [2.75, 3.05) is 13.2 Å². The van der Waals surface area contributed by atoms with Crippen molar-refractivity contribution in [2.45, 2.75) is 6.29 Å². The zero-order valence-corrected chi connectivity index (χ0v) is 11.5. The van der Waals surface area contributed by atoms with Gasteiger partial charge in [-0.3, -0.25) is 0 Å². The molecule has 1 saturated heterocycles. The van der Waals surface area contributed by atoms with Gasteiger partial charge in [-0.25, -0.2) is 9.97 Å². The molecule has 2 heterocycles. The number of hydrogen-bond acceptors (Lipinski definition) is 5. The molecule has 98 valence electrons. The van der Waals surface area contributed by atoms with Gasteiger partial charge in [-0.05, 0) is 24.3 Å². The third-order valence-electron chi connectivity index (χ3n) is 2.59. The van der Waals surface area contributed by atoms with Crippen molar-refractivity contribution >= 4 is 15.9 Å². The van der Waals surface area contributed by atoms with Crippen LogP contribution in [0.15, 0.2) is 41.1 Å². The molecule has 6 heteroatoms. The fraction of sp³-hybridized carbons (Fsp3) is 0.231. The van der Waals surface area contributed by atoms with Gasteiger partial charge in [0.15, 0.2) is 6.29 Å². The van der Waals surface area contributed by atoms with Gasteiger partial charge < -0.3 is 14.2 Å². The summed E-state index contributed by atoms with van der Waals surface area (Å²) < 4.78 is 17.5. The van der Waals surface area contributed by atoms with E-state index < -0.39 is 0 Å². The molecule has 1 aliphatic rings. The Morgan fingerprint density at radius 2 is 1.89 bits per heavy atom. The standard InChI is InChI=1S/C13H11BrN2O3/c14-11-3-2-9(19-13-15-4-1-5-16-13)8-10(11)12-17-6-7-18-12/h1-5,8,12H,6-7H2. The third kappa shape index (κ3) is 2.91. The molecule has 3 rings (SSSR count). The van der Waals surface area contributed by atoms with E-state index in [1.807, 2.05) is 18.2 Å². The highest BCUT2D eigenvalue weighted by Gasteiger charge is 2.21. The molecule has 1 aromatic carbocycles. The third-order valence-corrected chi connectivity index (χ3v) is 3.32. The van der Waals surface area contributed by atoms with E-state index in [0.29, 0.717) is 25.0 Å². The Labute approximate surface area is 118 Å². The van der Waals surface area contributed by atoms with E-state index in [2.05, 4.69) is 25.9 Å². The monoisotopic (exact) mass is 322 g/mol. The van der Waals surface area contributed by atoms with Gasteiger partial charge in [0.25, 0.3) is 0 Å². The molecule has 0 aliphatic carbocycles. The summed E-state index contributed by atoms with van der Waals surface area (Å²) in [5.74, 6) is 0.642. The van der Waals surface area contributed by atoms with Crippen LogP contribution in [0.1, 0.15) is 11.9 Å². The Hall–Kier alpha value is -1.50. The maximum absolute atomic E-state index is 5.58. The van der Waals surface area contributed by atoms with Crippen LogP contribution in [0.5, 0.6) is 11.8 Å². The fourth-order valence-electron chi connectivity index (χ4n) is 1.75. The van der Waals surface area contributed by atoms with Gasteiger partial charge in [-0.2, -0.15) is 0 Å². The maximum atomic E-state index is 5.58. The highest BCUT2D eigenvalue weighted by Crippen LogP contribution is 2.33. The van der Waals surface area contributed by atoms with Crippen molar-refractivity contribution in [3.63, 3.8) is 0 Å². The van der Waals surface area contributed by atoms with Crippen molar-refractivity contribution in [2.24, 2.45) is 0 Å². The summed E-state index contributed by atoms with van der Waals surface area (Å²) in [7, 11) is 0. The van der Waals surface area contributed by atoms with E-state index in [1.54, 1.807) is 18.5 Å². The molecule has 0 amide bonds. The summed E-state index contributed by atoms with van der Waals surface area (Å²) in [6.45, 7) is 1.20. The number of nitrogens with zero attached hydrogens (tertiary/aromatic N) is 2. The van der Waals surface area contributed by atoms with E-state index in [-0.39, 0.29) is 6.29 Å². The number of benzene rings is 1. The molecule has 5 nitrogen and oxygen atoms in total. The fourth-order valence-corrected chi connectivity index (χ4v) is 2.18. The number of ether oxygens (including phenoxy) is 3. The predicted molar refractivity (Wildman–Crippen MR) is 70.9 cm³/mol. The minimum Gasteiger partial charge on any atom is -0.424 e. The van der Waals surface area contributed by atoms with Crippen LogP contribution < -0.4 is 4.74 Å². The van der Waals surface area contributed by atoms with E-state index >= 15 is 0 Å². The van der Waals surface area contributed by atoms with Gasteiger partial charge in [0.05, 0.1) is 13.2 Å². The van der Waals surface area contributed by atoms with Crippen LogP contribution in [0.4, 0.5) is 0 Å². The highest BCUT2D eigenvalue weighted by atomic mass is 79.9. The van der Waals surface area contributed by atoms with Crippen LogP contribution >= 0.6 is 15.9 Å². The van der Waals surface area contributed by atoms with E-state index in [0.717, 1.165) is 10.0 Å². The lowest BCUT2D eigenvalue weighted by Gasteiger charge is -2.13. The summed E-state index contributed by atoms with van der Waals surface area (Å²) in [6.07, 6.45) is 2.91. The van der Waals surface area contributed by atoms with Gasteiger partial charge in [-0.1, -0.05) is 15.9 Å². The van der Waals surface area contributed by atoms with Crippen LogP contribution in [0, 0.1) is 0 Å². The zero-order chi connectivity index (χ0) is 13.1. The summed E-state index contributed by atoms with van der Waals surface area (Å²) in [4.78, 5) is 8.03. The maximum Gasteiger partial charge on any atom is 0.321 e. The second kappa shape index (κ2) is 5.64. The molecule has 0 radical (unpaired) electrons. The van der Waals surface area contributed by atoms with Gasteiger partial charge >= 0.3 is 6.01 Å². The molecular formula is C13H11BrN2O3.